The summed E-state index contributed by atoms with van der Waals surface area (Å²) in [5.41, 5.74) is 4.78. The molecule has 0 bridgehead atoms. The van der Waals surface area contributed by atoms with Gasteiger partial charge < -0.3 is 9.42 Å². The molecule has 3 rings (SSSR count). The van der Waals surface area contributed by atoms with Gasteiger partial charge >= 0.3 is 0 Å². The third-order valence-corrected chi connectivity index (χ3v) is 5.57. The molecule has 0 saturated heterocycles. The molecule has 0 atom stereocenters. The molecule has 1 aliphatic rings. The van der Waals surface area contributed by atoms with Gasteiger partial charge in [0.05, 0.1) is 11.4 Å². The van der Waals surface area contributed by atoms with Crippen molar-refractivity contribution in [3.63, 3.8) is 0 Å². The number of nitrogens with zero attached hydrogens (tertiary/aromatic N) is 2. The van der Waals surface area contributed by atoms with Crippen LogP contribution in [0.3, 0.4) is 0 Å². The number of fused-ring (bicyclic) bond motifs is 1. The number of carbonyl (C=O) groups is 1. The molecule has 2 aromatic rings. The number of likely N-dealkylation sites (N-methyl/N-ethyl adjacent to an activating group) is 1. The van der Waals surface area contributed by atoms with Gasteiger partial charge in [-0.05, 0) is 37.8 Å². The van der Waals surface area contributed by atoms with Gasteiger partial charge in [0.2, 0.25) is 5.91 Å². The number of aromatic nitrogens is 1. The Hall–Kier alpha value is -1.75. The highest BCUT2D eigenvalue weighted by Gasteiger charge is 2.27. The van der Waals surface area contributed by atoms with E-state index in [1.165, 1.54) is 11.1 Å². The first kappa shape index (κ1) is 16.1. The van der Waals surface area contributed by atoms with E-state index < -0.39 is 0 Å². The van der Waals surface area contributed by atoms with Crippen molar-refractivity contribution in [3.8, 4) is 0 Å². The van der Waals surface area contributed by atoms with E-state index in [2.05, 4.69) is 29.4 Å². The molecule has 5 heteroatoms. The highest BCUT2D eigenvalue weighted by atomic mass is 32.2. The molecule has 0 radical (unpaired) electrons. The zero-order valence-electron chi connectivity index (χ0n) is 13.8. The van der Waals surface area contributed by atoms with Crippen LogP contribution in [0, 0.1) is 13.8 Å². The van der Waals surface area contributed by atoms with Crippen molar-refractivity contribution in [2.24, 2.45) is 0 Å². The van der Waals surface area contributed by atoms with Gasteiger partial charge in [-0.15, -0.1) is 11.8 Å². The average molecular weight is 330 g/mol. The summed E-state index contributed by atoms with van der Waals surface area (Å²) in [5, 5.41) is 3.95. The summed E-state index contributed by atoms with van der Waals surface area (Å²) in [5.74, 6) is 2.31. The lowest BCUT2D eigenvalue weighted by Crippen LogP contribution is -2.38. The second-order valence-corrected chi connectivity index (χ2v) is 7.12. The van der Waals surface area contributed by atoms with Crippen LogP contribution in [0.4, 0.5) is 0 Å². The van der Waals surface area contributed by atoms with Crippen molar-refractivity contribution < 1.29 is 9.32 Å². The quantitative estimate of drug-likeness (QED) is 0.845. The Morgan fingerprint density at radius 3 is 2.52 bits per heavy atom. The summed E-state index contributed by atoms with van der Waals surface area (Å²) in [4.78, 5) is 14.4. The molecule has 0 saturated carbocycles. The number of rotatable bonds is 5. The van der Waals surface area contributed by atoms with Crippen molar-refractivity contribution in [1.82, 2.24) is 10.1 Å². The van der Waals surface area contributed by atoms with E-state index in [1.807, 2.05) is 25.8 Å². The molecular weight excluding hydrogens is 308 g/mol. The molecule has 0 N–H and O–H groups in total. The highest BCUT2D eigenvalue weighted by molar-refractivity contribution is 7.99. The Balaban J connectivity index is 1.51. The Morgan fingerprint density at radius 2 is 1.96 bits per heavy atom. The smallest absolute Gasteiger partial charge is 0.232 e. The summed E-state index contributed by atoms with van der Waals surface area (Å²) in [6.07, 6.45) is 1.93. The monoisotopic (exact) mass is 330 g/mol. The summed E-state index contributed by atoms with van der Waals surface area (Å²) >= 11 is 1.63. The second-order valence-electron chi connectivity index (χ2n) is 6.13. The third kappa shape index (κ3) is 3.44. The molecule has 0 aliphatic heterocycles. The molecule has 0 spiro atoms. The first-order valence-corrected chi connectivity index (χ1v) is 9.03. The third-order valence-electron chi connectivity index (χ3n) is 4.62. The van der Waals surface area contributed by atoms with Gasteiger partial charge in [-0.3, -0.25) is 4.79 Å². The predicted molar refractivity (Wildman–Crippen MR) is 92.5 cm³/mol. The van der Waals surface area contributed by atoms with Crippen molar-refractivity contribution in [2.75, 3.05) is 12.8 Å². The minimum Gasteiger partial charge on any atom is -0.361 e. The average Bonchev–Trinajstić information content (AvgIpc) is 3.11. The van der Waals surface area contributed by atoms with Gasteiger partial charge in [0, 0.05) is 24.4 Å². The minimum atomic E-state index is 0.194. The Bertz CT molecular complexity index is 666. The lowest BCUT2D eigenvalue weighted by Gasteiger charge is -2.24. The summed E-state index contributed by atoms with van der Waals surface area (Å²) in [6, 6.07) is 8.77. The van der Waals surface area contributed by atoms with E-state index in [0.29, 0.717) is 11.8 Å². The van der Waals surface area contributed by atoms with Crippen LogP contribution in [-0.2, 0) is 23.4 Å². The molecule has 23 heavy (non-hydrogen) atoms. The Morgan fingerprint density at radius 1 is 1.30 bits per heavy atom. The van der Waals surface area contributed by atoms with Crippen LogP contribution in [0.1, 0.15) is 28.1 Å². The topological polar surface area (TPSA) is 46.3 Å². The standard InChI is InChI=1S/C18H22N2O2S/c1-12-17(13(2)22-19-12)10-23-11-18(21)20(3)16-8-14-6-4-5-7-15(14)9-16/h4-7,16H,8-11H2,1-3H3. The second kappa shape index (κ2) is 6.79. The van der Waals surface area contributed by atoms with E-state index in [1.54, 1.807) is 11.8 Å². The number of aryl methyl sites for hydroxylation is 2. The lowest BCUT2D eigenvalue weighted by molar-refractivity contribution is -0.128. The van der Waals surface area contributed by atoms with Crippen LogP contribution in [0.2, 0.25) is 0 Å². The van der Waals surface area contributed by atoms with Crippen molar-refractivity contribution in [2.45, 2.75) is 38.5 Å². The van der Waals surface area contributed by atoms with Gasteiger partial charge in [-0.1, -0.05) is 29.4 Å². The summed E-state index contributed by atoms with van der Waals surface area (Å²) < 4.78 is 5.16. The maximum absolute atomic E-state index is 12.4. The van der Waals surface area contributed by atoms with E-state index in [9.17, 15) is 4.79 Å². The molecule has 1 heterocycles. The van der Waals surface area contributed by atoms with Crippen LogP contribution < -0.4 is 0 Å². The van der Waals surface area contributed by atoms with Gasteiger partial charge in [-0.25, -0.2) is 0 Å². The zero-order valence-corrected chi connectivity index (χ0v) is 14.7. The fraction of sp³-hybridized carbons (Fsp3) is 0.444. The summed E-state index contributed by atoms with van der Waals surface area (Å²) in [6.45, 7) is 3.86. The molecule has 0 fully saturated rings. The van der Waals surface area contributed by atoms with Crippen LogP contribution in [-0.4, -0.2) is 34.8 Å². The van der Waals surface area contributed by atoms with Gasteiger partial charge in [0.1, 0.15) is 5.76 Å². The largest absolute Gasteiger partial charge is 0.361 e. The zero-order chi connectivity index (χ0) is 16.4. The van der Waals surface area contributed by atoms with E-state index in [-0.39, 0.29) is 5.91 Å². The number of hydrogen-bond acceptors (Lipinski definition) is 4. The Labute approximate surface area is 141 Å². The van der Waals surface area contributed by atoms with Crippen LogP contribution in [0.15, 0.2) is 28.8 Å². The molecular formula is C18H22N2O2S. The minimum absolute atomic E-state index is 0.194. The maximum atomic E-state index is 12.4. The normalized spacial score (nSPS) is 14.0. The van der Waals surface area contributed by atoms with E-state index in [4.69, 9.17) is 4.52 Å². The van der Waals surface area contributed by atoms with E-state index >= 15 is 0 Å². The lowest BCUT2D eigenvalue weighted by atomic mass is 10.1. The number of carbonyl (C=O) groups excluding carboxylic acids is 1. The van der Waals surface area contributed by atoms with Crippen LogP contribution >= 0.6 is 11.8 Å². The highest BCUT2D eigenvalue weighted by Crippen LogP contribution is 2.25. The molecule has 1 amide bonds. The van der Waals surface area contributed by atoms with Crippen LogP contribution in [0.25, 0.3) is 0 Å². The number of hydrogen-bond donors (Lipinski definition) is 0. The first-order valence-electron chi connectivity index (χ1n) is 7.88. The predicted octanol–water partition coefficient (Wildman–Crippen LogP) is 3.15. The molecule has 1 aliphatic carbocycles. The number of amides is 1. The van der Waals surface area contributed by atoms with Gasteiger partial charge in [0.15, 0.2) is 0 Å². The first-order chi connectivity index (χ1) is 11.1. The maximum Gasteiger partial charge on any atom is 0.232 e. The Kier molecular flexibility index (Phi) is 4.76. The van der Waals surface area contributed by atoms with E-state index in [0.717, 1.165) is 35.6 Å². The van der Waals surface area contributed by atoms with Gasteiger partial charge in [0.25, 0.3) is 0 Å². The molecule has 4 nitrogen and oxygen atoms in total. The number of benzene rings is 1. The summed E-state index contributed by atoms with van der Waals surface area (Å²) in [7, 11) is 1.93. The molecule has 1 aromatic heterocycles. The number of thioether (sulfide) groups is 1. The van der Waals surface area contributed by atoms with Crippen molar-refractivity contribution in [1.29, 1.82) is 0 Å². The SMILES string of the molecule is Cc1noc(C)c1CSCC(=O)N(C)C1Cc2ccccc2C1. The fourth-order valence-electron chi connectivity index (χ4n) is 3.06. The molecule has 1 aromatic carbocycles. The van der Waals surface area contributed by atoms with Gasteiger partial charge in [-0.2, -0.15) is 0 Å². The van der Waals surface area contributed by atoms with Crippen molar-refractivity contribution in [3.05, 3.63) is 52.4 Å². The molecule has 0 unspecified atom stereocenters. The van der Waals surface area contributed by atoms with Crippen LogP contribution in [0.5, 0.6) is 0 Å². The fourth-order valence-corrected chi connectivity index (χ4v) is 4.16. The molecule has 122 valence electrons. The van der Waals surface area contributed by atoms with Crippen molar-refractivity contribution >= 4 is 17.7 Å².